The van der Waals surface area contributed by atoms with Crippen molar-refractivity contribution in [1.82, 2.24) is 9.97 Å². The van der Waals surface area contributed by atoms with E-state index in [1.54, 1.807) is 22.5 Å². The van der Waals surface area contributed by atoms with Crippen molar-refractivity contribution in [2.45, 2.75) is 51.6 Å². The molecule has 0 aliphatic heterocycles. The predicted octanol–water partition coefficient (Wildman–Crippen LogP) is 5.56. The highest BCUT2D eigenvalue weighted by Crippen LogP contribution is 2.38. The number of nitrogens with zero attached hydrogens (tertiary/aromatic N) is 3. The minimum Gasteiger partial charge on any atom is -0.398 e. The van der Waals surface area contributed by atoms with E-state index in [2.05, 4.69) is 23.8 Å². The molecule has 1 aromatic carbocycles. The number of nitrogen functional groups attached to an aromatic ring is 1. The van der Waals surface area contributed by atoms with E-state index < -0.39 is 11.6 Å². The van der Waals surface area contributed by atoms with Gasteiger partial charge in [0.2, 0.25) is 0 Å². The van der Waals surface area contributed by atoms with Gasteiger partial charge in [0.05, 0.1) is 5.57 Å². The van der Waals surface area contributed by atoms with Crippen LogP contribution in [0.1, 0.15) is 48.7 Å². The Bertz CT molecular complexity index is 1170. The molecule has 0 unspecified atom stereocenters. The van der Waals surface area contributed by atoms with E-state index in [4.69, 9.17) is 10.7 Å². The van der Waals surface area contributed by atoms with Gasteiger partial charge in [-0.25, -0.2) is 18.7 Å². The summed E-state index contributed by atoms with van der Waals surface area (Å²) in [4.78, 5) is 24.1. The third kappa shape index (κ3) is 5.09. The van der Waals surface area contributed by atoms with Crippen LogP contribution in [0, 0.1) is 11.6 Å². The van der Waals surface area contributed by atoms with Crippen LogP contribution in [0.5, 0.6) is 0 Å². The van der Waals surface area contributed by atoms with Crippen LogP contribution in [0.3, 0.4) is 0 Å². The van der Waals surface area contributed by atoms with Gasteiger partial charge in [0, 0.05) is 47.0 Å². The zero-order valence-corrected chi connectivity index (χ0v) is 19.8. The highest BCUT2D eigenvalue weighted by Gasteiger charge is 2.38. The van der Waals surface area contributed by atoms with Crippen LogP contribution in [0.2, 0.25) is 0 Å². The lowest BCUT2D eigenvalue weighted by Gasteiger charge is -2.26. The molecular weight excluding hydrogens is 456 g/mol. The minimum absolute atomic E-state index is 0.00393. The Hall–Kier alpha value is -3.33. The summed E-state index contributed by atoms with van der Waals surface area (Å²) < 4.78 is 28.2. The molecule has 34 heavy (non-hydrogen) atoms. The van der Waals surface area contributed by atoms with Gasteiger partial charge >= 0.3 is 0 Å². The Morgan fingerprint density at radius 2 is 2.03 bits per heavy atom. The Morgan fingerprint density at radius 1 is 1.29 bits per heavy atom. The second-order valence-electron chi connectivity index (χ2n) is 8.28. The van der Waals surface area contributed by atoms with Gasteiger partial charge in [0.1, 0.15) is 28.3 Å². The number of benzene rings is 1. The molecule has 0 radical (unpaired) electrons. The topological polar surface area (TPSA) is 84.1 Å². The average molecular weight is 484 g/mol. The quantitative estimate of drug-likeness (QED) is 0.369. The second-order valence-corrected chi connectivity index (χ2v) is 9.17. The molecular formula is C25H27F2N5OS. The molecule has 1 saturated carbocycles. The first-order valence-corrected chi connectivity index (χ1v) is 12.2. The average Bonchev–Trinajstić information content (AvgIpc) is 3.49. The van der Waals surface area contributed by atoms with E-state index in [0.717, 1.165) is 31.2 Å². The molecule has 0 atom stereocenters. The molecule has 1 fully saturated rings. The van der Waals surface area contributed by atoms with Gasteiger partial charge in [-0.15, -0.1) is 11.3 Å². The first kappa shape index (κ1) is 23.8. The van der Waals surface area contributed by atoms with Crippen molar-refractivity contribution in [3.8, 4) is 0 Å². The van der Waals surface area contributed by atoms with Crippen LogP contribution in [0.15, 0.2) is 42.4 Å². The summed E-state index contributed by atoms with van der Waals surface area (Å²) in [6, 6.07) is 5.38. The van der Waals surface area contributed by atoms with Crippen molar-refractivity contribution in [3.05, 3.63) is 70.2 Å². The van der Waals surface area contributed by atoms with Gasteiger partial charge in [0.15, 0.2) is 0 Å². The fourth-order valence-electron chi connectivity index (χ4n) is 3.73. The molecule has 0 spiro atoms. The fourth-order valence-corrected chi connectivity index (χ4v) is 4.34. The maximum Gasteiger partial charge on any atom is 0.262 e. The van der Waals surface area contributed by atoms with Crippen LogP contribution in [0.25, 0.3) is 5.57 Å². The van der Waals surface area contributed by atoms with E-state index in [0.29, 0.717) is 34.3 Å². The maximum absolute atomic E-state index is 14.1. The van der Waals surface area contributed by atoms with Crippen molar-refractivity contribution in [1.29, 1.82) is 0 Å². The monoisotopic (exact) mass is 483 g/mol. The van der Waals surface area contributed by atoms with E-state index >= 15 is 0 Å². The summed E-state index contributed by atoms with van der Waals surface area (Å²) in [5.74, 6) is -0.743. The molecule has 178 valence electrons. The summed E-state index contributed by atoms with van der Waals surface area (Å²) in [6.45, 7) is 5.95. The van der Waals surface area contributed by atoms with Crippen LogP contribution < -0.4 is 16.0 Å². The van der Waals surface area contributed by atoms with Gasteiger partial charge in [-0.2, -0.15) is 0 Å². The van der Waals surface area contributed by atoms with Gasteiger partial charge < -0.3 is 11.1 Å². The Morgan fingerprint density at radius 3 is 2.65 bits per heavy atom. The number of halogens is 2. The zero-order valence-electron chi connectivity index (χ0n) is 19.0. The number of rotatable bonds is 10. The largest absolute Gasteiger partial charge is 0.398 e. The van der Waals surface area contributed by atoms with Crippen LogP contribution >= 0.6 is 11.3 Å². The van der Waals surface area contributed by atoms with E-state index in [1.165, 1.54) is 29.5 Å². The molecule has 3 aromatic rings. The lowest BCUT2D eigenvalue weighted by Crippen LogP contribution is -2.35. The standard InChI is InChI=1S/C25H27F2N5OS/c1-3-4-6-17-21(28)13-22(30-14-18-19(26)7-5-8-20(18)27)31-23(17)32(16-9-10-16)25(33)15(2)24-29-11-12-34-24/h5,7-8,11-13,16H,2-4,6,9-10,14H2,1H3,(H3,28,30,31). The molecule has 9 heteroatoms. The van der Waals surface area contributed by atoms with Gasteiger partial charge in [-0.3, -0.25) is 9.69 Å². The number of amides is 1. The third-order valence-electron chi connectivity index (χ3n) is 5.73. The van der Waals surface area contributed by atoms with Crippen LogP contribution in [-0.4, -0.2) is 21.9 Å². The molecule has 4 rings (SSSR count). The second kappa shape index (κ2) is 10.3. The number of pyridine rings is 1. The lowest BCUT2D eigenvalue weighted by molar-refractivity contribution is -0.113. The van der Waals surface area contributed by atoms with Crippen molar-refractivity contribution < 1.29 is 13.6 Å². The van der Waals surface area contributed by atoms with Crippen molar-refractivity contribution in [3.63, 3.8) is 0 Å². The Kier molecular flexibility index (Phi) is 7.21. The maximum atomic E-state index is 14.1. The fraction of sp³-hybridized carbons (Fsp3) is 0.320. The normalized spacial score (nSPS) is 13.0. The van der Waals surface area contributed by atoms with Gasteiger partial charge in [-0.05, 0) is 37.8 Å². The number of nitrogens with one attached hydrogen (secondary N) is 1. The van der Waals surface area contributed by atoms with Crippen LogP contribution in [-0.2, 0) is 17.8 Å². The highest BCUT2D eigenvalue weighted by atomic mass is 32.1. The molecule has 0 bridgehead atoms. The van der Waals surface area contributed by atoms with E-state index in [1.807, 2.05) is 0 Å². The van der Waals surface area contributed by atoms with Gasteiger partial charge in [0.25, 0.3) is 5.91 Å². The van der Waals surface area contributed by atoms with Gasteiger partial charge in [-0.1, -0.05) is 26.0 Å². The number of nitrogens with two attached hydrogens (primary N) is 1. The summed E-state index contributed by atoms with van der Waals surface area (Å²) in [7, 11) is 0. The third-order valence-corrected chi connectivity index (χ3v) is 6.57. The Balaban J connectivity index is 1.70. The van der Waals surface area contributed by atoms with Crippen LogP contribution in [0.4, 0.5) is 26.1 Å². The molecule has 1 amide bonds. The summed E-state index contributed by atoms with van der Waals surface area (Å²) in [5, 5.41) is 5.33. The highest BCUT2D eigenvalue weighted by molar-refractivity contribution is 7.11. The number of anilines is 3. The summed E-state index contributed by atoms with van der Waals surface area (Å²) in [5.41, 5.74) is 7.90. The molecule has 1 aliphatic carbocycles. The summed E-state index contributed by atoms with van der Waals surface area (Å²) >= 11 is 1.35. The number of hydrogen-bond acceptors (Lipinski definition) is 6. The van der Waals surface area contributed by atoms with E-state index in [-0.39, 0.29) is 24.1 Å². The SMILES string of the molecule is C=C(C(=O)N(c1nc(NCc2c(F)cccc2F)cc(N)c1CCCC)C1CC1)c1nccs1. The smallest absolute Gasteiger partial charge is 0.262 e. The summed E-state index contributed by atoms with van der Waals surface area (Å²) in [6.07, 6.45) is 5.83. The zero-order chi connectivity index (χ0) is 24.2. The van der Waals surface area contributed by atoms with Crippen molar-refractivity contribution in [2.24, 2.45) is 0 Å². The van der Waals surface area contributed by atoms with Crippen molar-refractivity contribution in [2.75, 3.05) is 16.0 Å². The van der Waals surface area contributed by atoms with E-state index in [9.17, 15) is 13.6 Å². The molecule has 2 heterocycles. The number of hydrogen-bond donors (Lipinski definition) is 2. The first-order valence-electron chi connectivity index (χ1n) is 11.3. The first-order chi connectivity index (χ1) is 16.4. The van der Waals surface area contributed by atoms with Crippen molar-refractivity contribution >= 4 is 40.1 Å². The number of carbonyl (C=O) groups excluding carboxylic acids is 1. The number of thiazole rings is 1. The number of carbonyl (C=O) groups is 1. The molecule has 1 aliphatic rings. The molecule has 0 saturated heterocycles. The Labute approximate surface area is 201 Å². The minimum atomic E-state index is -0.644. The molecule has 3 N–H and O–H groups in total. The number of unbranched alkanes of at least 4 members (excludes halogenated alkanes) is 1. The molecule has 6 nitrogen and oxygen atoms in total. The molecule has 2 aromatic heterocycles. The predicted molar refractivity (Wildman–Crippen MR) is 133 cm³/mol. The number of aromatic nitrogens is 2. The lowest BCUT2D eigenvalue weighted by atomic mass is 10.1.